The van der Waals surface area contributed by atoms with Crippen LogP contribution in [0.15, 0.2) is 49.1 Å². The third-order valence-electron chi connectivity index (χ3n) is 4.95. The SMILES string of the molecule is C=CC(=O)NCc1ccc(C(=O)NCc2cc(C)cc3c(C)c(C)[nH]c23)cc1. The van der Waals surface area contributed by atoms with Crippen molar-refractivity contribution < 1.29 is 9.59 Å². The monoisotopic (exact) mass is 375 g/mol. The molecule has 28 heavy (non-hydrogen) atoms. The fourth-order valence-corrected chi connectivity index (χ4v) is 3.24. The van der Waals surface area contributed by atoms with Crippen LogP contribution in [-0.4, -0.2) is 16.8 Å². The summed E-state index contributed by atoms with van der Waals surface area (Å²) < 4.78 is 0. The van der Waals surface area contributed by atoms with E-state index < -0.39 is 0 Å². The fourth-order valence-electron chi connectivity index (χ4n) is 3.24. The number of fused-ring (bicyclic) bond motifs is 1. The number of hydrogen-bond donors (Lipinski definition) is 3. The molecular weight excluding hydrogens is 350 g/mol. The largest absolute Gasteiger partial charge is 0.358 e. The standard InChI is InChI=1S/C23H25N3O2/c1-5-21(27)24-12-17-6-8-18(9-7-17)23(28)25-13-19-10-14(2)11-20-15(3)16(4)26-22(19)20/h5-11,26H,1,12-13H2,2-4H3,(H,24,27)(H,25,28). The third kappa shape index (κ3) is 4.14. The average Bonchev–Trinajstić information content (AvgIpc) is 2.98. The van der Waals surface area contributed by atoms with Crippen LogP contribution in [0.2, 0.25) is 0 Å². The second-order valence-corrected chi connectivity index (χ2v) is 7.02. The van der Waals surface area contributed by atoms with Crippen LogP contribution >= 0.6 is 0 Å². The number of aromatic nitrogens is 1. The first-order chi connectivity index (χ1) is 13.4. The van der Waals surface area contributed by atoms with Gasteiger partial charge in [-0.1, -0.05) is 30.3 Å². The van der Waals surface area contributed by atoms with Crippen molar-refractivity contribution in [3.8, 4) is 0 Å². The van der Waals surface area contributed by atoms with Gasteiger partial charge in [-0.15, -0.1) is 0 Å². The van der Waals surface area contributed by atoms with Gasteiger partial charge in [0.05, 0.1) is 5.52 Å². The highest BCUT2D eigenvalue weighted by Crippen LogP contribution is 2.26. The maximum absolute atomic E-state index is 12.5. The van der Waals surface area contributed by atoms with E-state index >= 15 is 0 Å². The predicted octanol–water partition coefficient (Wildman–Crippen LogP) is 3.83. The minimum absolute atomic E-state index is 0.128. The molecule has 0 spiro atoms. The zero-order chi connectivity index (χ0) is 20.3. The fraction of sp³-hybridized carbons (Fsp3) is 0.217. The molecule has 1 heterocycles. The summed E-state index contributed by atoms with van der Waals surface area (Å²) in [6.45, 7) is 10.5. The van der Waals surface area contributed by atoms with E-state index in [1.807, 2.05) is 12.1 Å². The smallest absolute Gasteiger partial charge is 0.251 e. The van der Waals surface area contributed by atoms with Crippen LogP contribution in [0.25, 0.3) is 10.9 Å². The molecule has 3 aromatic rings. The molecule has 3 N–H and O–H groups in total. The number of benzene rings is 2. The zero-order valence-electron chi connectivity index (χ0n) is 16.5. The Morgan fingerprint density at radius 1 is 1.04 bits per heavy atom. The second kappa shape index (κ2) is 8.13. The Balaban J connectivity index is 1.69. The number of aromatic amines is 1. The van der Waals surface area contributed by atoms with Crippen LogP contribution in [0.1, 0.15) is 38.3 Å². The first kappa shape index (κ1) is 19.4. The van der Waals surface area contributed by atoms with Gasteiger partial charge < -0.3 is 15.6 Å². The molecule has 5 heteroatoms. The van der Waals surface area contributed by atoms with Gasteiger partial charge in [-0.2, -0.15) is 0 Å². The Hall–Kier alpha value is -3.34. The van der Waals surface area contributed by atoms with Crippen molar-refractivity contribution in [1.82, 2.24) is 15.6 Å². The van der Waals surface area contributed by atoms with Crippen molar-refractivity contribution >= 4 is 22.7 Å². The number of nitrogens with one attached hydrogen (secondary N) is 3. The van der Waals surface area contributed by atoms with Crippen molar-refractivity contribution in [2.24, 2.45) is 0 Å². The highest BCUT2D eigenvalue weighted by atomic mass is 16.2. The predicted molar refractivity (Wildman–Crippen MR) is 112 cm³/mol. The number of H-pyrrole nitrogens is 1. The normalized spacial score (nSPS) is 10.7. The van der Waals surface area contributed by atoms with Crippen molar-refractivity contribution in [2.75, 3.05) is 0 Å². The van der Waals surface area contributed by atoms with Crippen molar-refractivity contribution in [3.63, 3.8) is 0 Å². The lowest BCUT2D eigenvalue weighted by Crippen LogP contribution is -2.23. The van der Waals surface area contributed by atoms with Crippen LogP contribution in [-0.2, 0) is 17.9 Å². The molecule has 0 aliphatic carbocycles. The van der Waals surface area contributed by atoms with E-state index in [0.29, 0.717) is 18.7 Å². The number of amides is 2. The maximum Gasteiger partial charge on any atom is 0.251 e. The lowest BCUT2D eigenvalue weighted by atomic mass is 10.0. The van der Waals surface area contributed by atoms with Crippen molar-refractivity contribution in [1.29, 1.82) is 0 Å². The summed E-state index contributed by atoms with van der Waals surface area (Å²) in [6.07, 6.45) is 1.23. The molecular formula is C23H25N3O2. The number of aryl methyl sites for hydroxylation is 3. The summed E-state index contributed by atoms with van der Waals surface area (Å²) in [5.74, 6) is -0.350. The molecule has 1 aromatic heterocycles. The van der Waals surface area contributed by atoms with E-state index in [1.165, 1.54) is 22.6 Å². The van der Waals surface area contributed by atoms with Gasteiger partial charge in [0.1, 0.15) is 0 Å². The number of carbonyl (C=O) groups is 2. The molecule has 0 atom stereocenters. The summed E-state index contributed by atoms with van der Waals surface area (Å²) in [6, 6.07) is 11.5. The molecule has 2 amide bonds. The highest BCUT2D eigenvalue weighted by Gasteiger charge is 2.11. The highest BCUT2D eigenvalue weighted by molar-refractivity contribution is 5.95. The molecule has 0 bridgehead atoms. The Labute approximate surface area is 164 Å². The van der Waals surface area contributed by atoms with Crippen LogP contribution < -0.4 is 10.6 Å². The topological polar surface area (TPSA) is 74.0 Å². The summed E-state index contributed by atoms with van der Waals surface area (Å²) in [7, 11) is 0. The zero-order valence-corrected chi connectivity index (χ0v) is 16.5. The van der Waals surface area contributed by atoms with Crippen LogP contribution in [0.4, 0.5) is 0 Å². The number of hydrogen-bond acceptors (Lipinski definition) is 2. The lowest BCUT2D eigenvalue weighted by Gasteiger charge is -2.09. The van der Waals surface area contributed by atoms with E-state index in [9.17, 15) is 9.59 Å². The molecule has 2 aromatic carbocycles. The lowest BCUT2D eigenvalue weighted by molar-refractivity contribution is -0.116. The van der Waals surface area contributed by atoms with Crippen molar-refractivity contribution in [2.45, 2.75) is 33.9 Å². The van der Waals surface area contributed by atoms with Crippen LogP contribution in [0.3, 0.4) is 0 Å². The Morgan fingerprint density at radius 3 is 2.43 bits per heavy atom. The van der Waals surface area contributed by atoms with E-state index in [0.717, 1.165) is 22.3 Å². The van der Waals surface area contributed by atoms with Gasteiger partial charge in [-0.25, -0.2) is 0 Å². The van der Waals surface area contributed by atoms with Gasteiger partial charge in [-0.3, -0.25) is 9.59 Å². The molecule has 144 valence electrons. The maximum atomic E-state index is 12.5. The molecule has 0 aliphatic rings. The first-order valence-electron chi connectivity index (χ1n) is 9.25. The Morgan fingerprint density at radius 2 is 1.75 bits per heavy atom. The van der Waals surface area contributed by atoms with Crippen LogP contribution in [0.5, 0.6) is 0 Å². The third-order valence-corrected chi connectivity index (χ3v) is 4.95. The van der Waals surface area contributed by atoms with Gasteiger partial charge >= 0.3 is 0 Å². The summed E-state index contributed by atoms with van der Waals surface area (Å²) >= 11 is 0. The average molecular weight is 375 g/mol. The molecule has 0 aliphatic heterocycles. The molecule has 5 nitrogen and oxygen atoms in total. The minimum Gasteiger partial charge on any atom is -0.358 e. The first-order valence-corrected chi connectivity index (χ1v) is 9.25. The van der Waals surface area contributed by atoms with Gasteiger partial charge in [-0.05, 0) is 61.7 Å². The molecule has 0 unspecified atom stereocenters. The summed E-state index contributed by atoms with van der Waals surface area (Å²) in [4.78, 5) is 27.2. The minimum atomic E-state index is -0.221. The van der Waals surface area contributed by atoms with E-state index in [2.05, 4.69) is 55.1 Å². The van der Waals surface area contributed by atoms with E-state index in [4.69, 9.17) is 0 Å². The molecule has 0 saturated heterocycles. The van der Waals surface area contributed by atoms with Gasteiger partial charge in [0, 0.05) is 29.7 Å². The van der Waals surface area contributed by atoms with Crippen molar-refractivity contribution in [3.05, 3.63) is 82.6 Å². The number of carbonyl (C=O) groups excluding carboxylic acids is 2. The molecule has 3 rings (SSSR count). The van der Waals surface area contributed by atoms with Crippen LogP contribution in [0, 0.1) is 20.8 Å². The van der Waals surface area contributed by atoms with E-state index in [-0.39, 0.29) is 11.8 Å². The quantitative estimate of drug-likeness (QED) is 0.573. The molecule has 0 radical (unpaired) electrons. The molecule has 0 fully saturated rings. The summed E-state index contributed by atoms with van der Waals surface area (Å²) in [5, 5.41) is 6.91. The molecule has 0 saturated carbocycles. The second-order valence-electron chi connectivity index (χ2n) is 7.02. The number of rotatable bonds is 6. The summed E-state index contributed by atoms with van der Waals surface area (Å²) in [5.41, 5.74) is 7.21. The van der Waals surface area contributed by atoms with Gasteiger partial charge in [0.25, 0.3) is 5.91 Å². The van der Waals surface area contributed by atoms with Gasteiger partial charge in [0.15, 0.2) is 0 Å². The van der Waals surface area contributed by atoms with Gasteiger partial charge in [0.2, 0.25) is 5.91 Å². The Bertz CT molecular complexity index is 1050. The Kier molecular flexibility index (Phi) is 5.64. The van der Waals surface area contributed by atoms with E-state index in [1.54, 1.807) is 12.1 Å².